The van der Waals surface area contributed by atoms with Gasteiger partial charge >= 0.3 is 0 Å². The van der Waals surface area contributed by atoms with E-state index >= 15 is 0 Å². The minimum atomic E-state index is 0.399. The largest absolute Gasteiger partial charge is 0.347 e. The summed E-state index contributed by atoms with van der Waals surface area (Å²) in [7, 11) is 0. The molecule has 0 amide bonds. The molecule has 3 aliphatic rings. The summed E-state index contributed by atoms with van der Waals surface area (Å²) in [4.78, 5) is 29.5. The van der Waals surface area contributed by atoms with Gasteiger partial charge in [-0.3, -0.25) is 9.69 Å². The molecule has 1 aliphatic carbocycles. The summed E-state index contributed by atoms with van der Waals surface area (Å²) in [5, 5.41) is 2.30. The standard InChI is InChI=1S/C26H38N4OS2/c1-18-27-14-22(32-18)13-21(31)12-20-6-4-19(5-7-20)8-10-29-11-9-24-23(15-29)28-25(33-24)30-16-26(2,3)17-30/h14,19-20H,4-13,15-17H2,1-3H3. The zero-order valence-electron chi connectivity index (χ0n) is 20.4. The van der Waals surface area contributed by atoms with E-state index in [0.717, 1.165) is 41.9 Å². The molecule has 33 heavy (non-hydrogen) atoms. The molecule has 5 nitrogen and oxygen atoms in total. The Morgan fingerprint density at radius 1 is 1.15 bits per heavy atom. The molecule has 0 N–H and O–H groups in total. The number of thiazole rings is 2. The number of nitrogens with zero attached hydrogens (tertiary/aromatic N) is 4. The van der Waals surface area contributed by atoms with Crippen molar-refractivity contribution in [3.05, 3.63) is 26.7 Å². The van der Waals surface area contributed by atoms with Crippen LogP contribution >= 0.6 is 22.7 Å². The highest BCUT2D eigenvalue weighted by Gasteiger charge is 2.36. The van der Waals surface area contributed by atoms with Crippen molar-refractivity contribution < 1.29 is 4.79 Å². The van der Waals surface area contributed by atoms with E-state index in [1.165, 1.54) is 67.3 Å². The monoisotopic (exact) mass is 486 g/mol. The van der Waals surface area contributed by atoms with Crippen molar-refractivity contribution in [1.29, 1.82) is 0 Å². The highest BCUT2D eigenvalue weighted by molar-refractivity contribution is 7.15. The Morgan fingerprint density at radius 3 is 2.61 bits per heavy atom. The third-order valence-corrected chi connectivity index (χ3v) is 9.81. The normalized spacial score (nSPS) is 25.0. The predicted molar refractivity (Wildman–Crippen MR) is 137 cm³/mol. The molecule has 0 atom stereocenters. The lowest BCUT2D eigenvalue weighted by Crippen LogP contribution is -2.53. The lowest BCUT2D eigenvalue weighted by Gasteiger charge is -2.45. The SMILES string of the molecule is Cc1ncc(CC(=O)CC2CCC(CCN3CCc4sc(N5CC(C)(C)C5)nc4C3)CC2)s1. The van der Waals surface area contributed by atoms with E-state index in [1.54, 1.807) is 11.3 Å². The van der Waals surface area contributed by atoms with E-state index in [0.29, 0.717) is 23.5 Å². The summed E-state index contributed by atoms with van der Waals surface area (Å²) < 4.78 is 0. The van der Waals surface area contributed by atoms with Crippen molar-refractivity contribution in [3.8, 4) is 0 Å². The summed E-state index contributed by atoms with van der Waals surface area (Å²) in [6.07, 6.45) is 10.7. The molecule has 5 rings (SSSR count). The molecule has 0 aromatic carbocycles. The fourth-order valence-electron chi connectivity index (χ4n) is 5.85. The van der Waals surface area contributed by atoms with Crippen LogP contribution in [0.1, 0.15) is 72.8 Å². The molecule has 0 unspecified atom stereocenters. The summed E-state index contributed by atoms with van der Waals surface area (Å²) in [6, 6.07) is 0. The van der Waals surface area contributed by atoms with Gasteiger partial charge in [0, 0.05) is 55.0 Å². The van der Waals surface area contributed by atoms with Gasteiger partial charge in [0.15, 0.2) is 5.13 Å². The molecule has 180 valence electrons. The van der Waals surface area contributed by atoms with Crippen LogP contribution in [0, 0.1) is 24.2 Å². The van der Waals surface area contributed by atoms with E-state index < -0.39 is 0 Å². The molecule has 0 radical (unpaired) electrons. The van der Waals surface area contributed by atoms with Gasteiger partial charge < -0.3 is 4.90 Å². The van der Waals surface area contributed by atoms with Crippen LogP contribution in [-0.2, 0) is 24.2 Å². The zero-order valence-corrected chi connectivity index (χ0v) is 22.1. The number of anilines is 1. The third-order valence-electron chi connectivity index (χ3n) is 7.68. The Bertz CT molecular complexity index is 965. The van der Waals surface area contributed by atoms with Gasteiger partial charge in [0.25, 0.3) is 0 Å². The molecule has 2 fully saturated rings. The fourth-order valence-corrected chi connectivity index (χ4v) is 7.73. The highest BCUT2D eigenvalue weighted by atomic mass is 32.1. The first-order chi connectivity index (χ1) is 15.8. The van der Waals surface area contributed by atoms with Crippen LogP contribution in [0.15, 0.2) is 6.20 Å². The number of aryl methyl sites for hydroxylation is 1. The van der Waals surface area contributed by atoms with Gasteiger partial charge in [-0.1, -0.05) is 26.7 Å². The second-order valence-electron chi connectivity index (χ2n) is 11.4. The lowest BCUT2D eigenvalue weighted by atomic mass is 9.78. The predicted octanol–water partition coefficient (Wildman–Crippen LogP) is 5.51. The number of hydrogen-bond acceptors (Lipinski definition) is 7. The van der Waals surface area contributed by atoms with Crippen LogP contribution < -0.4 is 4.90 Å². The van der Waals surface area contributed by atoms with Crippen molar-refractivity contribution in [1.82, 2.24) is 14.9 Å². The Balaban J connectivity index is 1.02. The lowest BCUT2D eigenvalue weighted by molar-refractivity contribution is -0.119. The molecule has 4 heterocycles. The topological polar surface area (TPSA) is 49.3 Å². The molecular formula is C26H38N4OS2. The molecule has 2 aromatic rings. The Kier molecular flexibility index (Phi) is 6.92. The maximum absolute atomic E-state index is 12.5. The maximum atomic E-state index is 12.5. The van der Waals surface area contributed by atoms with Gasteiger partial charge in [0.2, 0.25) is 0 Å². The summed E-state index contributed by atoms with van der Waals surface area (Å²) in [5.74, 6) is 1.83. The van der Waals surface area contributed by atoms with Crippen molar-refractivity contribution in [3.63, 3.8) is 0 Å². The summed E-state index contributed by atoms with van der Waals surface area (Å²) in [5.41, 5.74) is 1.79. The van der Waals surface area contributed by atoms with Crippen LogP contribution in [0.3, 0.4) is 0 Å². The molecule has 0 bridgehead atoms. The first kappa shape index (κ1) is 23.4. The minimum absolute atomic E-state index is 0.399. The van der Waals surface area contributed by atoms with Gasteiger partial charge in [-0.15, -0.1) is 22.7 Å². The van der Waals surface area contributed by atoms with Gasteiger partial charge in [-0.2, -0.15) is 0 Å². The van der Waals surface area contributed by atoms with E-state index in [4.69, 9.17) is 4.98 Å². The Morgan fingerprint density at radius 2 is 1.91 bits per heavy atom. The number of carbonyl (C=O) groups excluding carboxylic acids is 1. The van der Waals surface area contributed by atoms with Crippen LogP contribution in [-0.4, -0.2) is 46.8 Å². The minimum Gasteiger partial charge on any atom is -0.347 e. The zero-order chi connectivity index (χ0) is 23.0. The van der Waals surface area contributed by atoms with Crippen LogP contribution in [0.2, 0.25) is 0 Å². The van der Waals surface area contributed by atoms with E-state index in [9.17, 15) is 4.79 Å². The molecule has 1 saturated heterocycles. The van der Waals surface area contributed by atoms with Crippen molar-refractivity contribution >= 4 is 33.6 Å². The second kappa shape index (κ2) is 9.74. The number of rotatable bonds is 8. The van der Waals surface area contributed by atoms with E-state index in [2.05, 4.69) is 28.6 Å². The average Bonchev–Trinajstić information content (AvgIpc) is 3.36. The van der Waals surface area contributed by atoms with Crippen molar-refractivity contribution in [2.45, 2.75) is 78.7 Å². The van der Waals surface area contributed by atoms with Crippen LogP contribution in [0.5, 0.6) is 0 Å². The van der Waals surface area contributed by atoms with Gasteiger partial charge in [-0.25, -0.2) is 9.97 Å². The number of carbonyl (C=O) groups is 1. The molecule has 0 spiro atoms. The van der Waals surface area contributed by atoms with Crippen LogP contribution in [0.4, 0.5) is 5.13 Å². The van der Waals surface area contributed by atoms with E-state index in [-0.39, 0.29) is 0 Å². The fraction of sp³-hybridized carbons (Fsp3) is 0.731. The number of Topliss-reactive ketones (excluding diaryl/α,β-unsaturated/α-hetero) is 1. The molecule has 2 aliphatic heterocycles. The van der Waals surface area contributed by atoms with Gasteiger partial charge in [0.05, 0.1) is 10.7 Å². The summed E-state index contributed by atoms with van der Waals surface area (Å²) >= 11 is 3.59. The van der Waals surface area contributed by atoms with Gasteiger partial charge in [0.1, 0.15) is 5.78 Å². The highest BCUT2D eigenvalue weighted by Crippen LogP contribution is 2.38. The second-order valence-corrected chi connectivity index (χ2v) is 13.7. The molecular weight excluding hydrogens is 448 g/mol. The van der Waals surface area contributed by atoms with Crippen molar-refractivity contribution in [2.24, 2.45) is 17.3 Å². The van der Waals surface area contributed by atoms with Crippen molar-refractivity contribution in [2.75, 3.05) is 31.1 Å². The number of ketones is 1. The first-order valence-corrected chi connectivity index (χ1v) is 14.4. The summed E-state index contributed by atoms with van der Waals surface area (Å²) in [6.45, 7) is 12.4. The average molecular weight is 487 g/mol. The quantitative estimate of drug-likeness (QED) is 0.492. The van der Waals surface area contributed by atoms with Crippen LogP contribution in [0.25, 0.3) is 0 Å². The smallest absolute Gasteiger partial charge is 0.185 e. The first-order valence-electron chi connectivity index (χ1n) is 12.7. The maximum Gasteiger partial charge on any atom is 0.185 e. The third kappa shape index (κ3) is 5.85. The van der Waals surface area contributed by atoms with E-state index in [1.807, 2.05) is 24.5 Å². The Hall–Kier alpha value is -1.31. The number of aromatic nitrogens is 2. The molecule has 1 saturated carbocycles. The molecule has 2 aromatic heterocycles. The number of fused-ring (bicyclic) bond motifs is 1. The number of hydrogen-bond donors (Lipinski definition) is 0. The Labute approximate surface area is 206 Å². The van der Waals surface area contributed by atoms with Gasteiger partial charge in [-0.05, 0) is 56.4 Å². The molecule has 7 heteroatoms.